The van der Waals surface area contributed by atoms with Crippen molar-refractivity contribution in [3.63, 3.8) is 0 Å². The summed E-state index contributed by atoms with van der Waals surface area (Å²) in [6.45, 7) is 0. The molecule has 3 heteroatoms. The summed E-state index contributed by atoms with van der Waals surface area (Å²) in [7, 11) is 1.66. The fourth-order valence-electron chi connectivity index (χ4n) is 1.47. The predicted octanol–water partition coefficient (Wildman–Crippen LogP) is 3.29. The lowest BCUT2D eigenvalue weighted by atomic mass is 10.1. The Morgan fingerprint density at radius 2 is 2.25 bits per heavy atom. The molecule has 1 fully saturated rings. The number of ketones is 1. The molecular weight excluding hydrogens is 315 g/mol. The van der Waals surface area contributed by atoms with Crippen molar-refractivity contribution in [1.82, 2.24) is 0 Å². The van der Waals surface area contributed by atoms with Gasteiger partial charge in [-0.3, -0.25) is 4.79 Å². The molecule has 0 radical (unpaired) electrons. The van der Waals surface area contributed by atoms with Crippen LogP contribution in [0.25, 0.3) is 6.08 Å². The van der Waals surface area contributed by atoms with E-state index < -0.39 is 0 Å². The van der Waals surface area contributed by atoms with E-state index in [1.54, 1.807) is 13.2 Å². The first-order chi connectivity index (χ1) is 7.70. The second kappa shape index (κ2) is 4.99. The fraction of sp³-hybridized carbons (Fsp3) is 0.308. The maximum absolute atomic E-state index is 11.5. The summed E-state index contributed by atoms with van der Waals surface area (Å²) >= 11 is 2.22. The van der Waals surface area contributed by atoms with Crippen molar-refractivity contribution in [1.29, 1.82) is 0 Å². The molecule has 1 aliphatic carbocycles. The molecule has 0 bridgehead atoms. The molecule has 0 N–H and O–H groups in total. The Hall–Kier alpha value is -0.840. The predicted molar refractivity (Wildman–Crippen MR) is 72.5 cm³/mol. The largest absolute Gasteiger partial charge is 0.496 e. The minimum Gasteiger partial charge on any atom is -0.496 e. The van der Waals surface area contributed by atoms with E-state index in [1.165, 1.54) is 0 Å². The number of hydrogen-bond acceptors (Lipinski definition) is 2. The van der Waals surface area contributed by atoms with Crippen LogP contribution in [0.5, 0.6) is 5.75 Å². The highest BCUT2D eigenvalue weighted by Gasteiger charge is 2.27. The molecule has 0 aliphatic heterocycles. The molecule has 1 aliphatic rings. The summed E-state index contributed by atoms with van der Waals surface area (Å²) in [6.07, 6.45) is 5.68. The molecule has 0 amide bonds. The summed E-state index contributed by atoms with van der Waals surface area (Å²) in [6, 6.07) is 5.89. The molecule has 2 rings (SSSR count). The third-order valence-corrected chi connectivity index (χ3v) is 3.44. The molecule has 2 nitrogen and oxygen atoms in total. The average molecular weight is 328 g/mol. The second-order valence-corrected chi connectivity index (χ2v) is 5.07. The number of hydrogen-bond donors (Lipinski definition) is 0. The number of rotatable bonds is 4. The van der Waals surface area contributed by atoms with Crippen LogP contribution in [0.15, 0.2) is 24.3 Å². The van der Waals surface area contributed by atoms with Gasteiger partial charge in [-0.1, -0.05) is 12.1 Å². The van der Waals surface area contributed by atoms with Gasteiger partial charge < -0.3 is 4.74 Å². The number of carbonyl (C=O) groups excluding carboxylic acids is 1. The molecule has 0 spiro atoms. The van der Waals surface area contributed by atoms with Crippen molar-refractivity contribution >= 4 is 34.5 Å². The van der Waals surface area contributed by atoms with Gasteiger partial charge in [-0.25, -0.2) is 0 Å². The van der Waals surface area contributed by atoms with Gasteiger partial charge in [0.15, 0.2) is 5.78 Å². The fourth-order valence-corrected chi connectivity index (χ4v) is 2.23. The first-order valence-electron chi connectivity index (χ1n) is 5.26. The summed E-state index contributed by atoms with van der Waals surface area (Å²) in [5.74, 6) is 1.42. The SMILES string of the molecule is COc1ccc(C=CC(=O)C2CC2)cc1I. The van der Waals surface area contributed by atoms with E-state index >= 15 is 0 Å². The number of methoxy groups -OCH3 is 1. The Morgan fingerprint density at radius 3 is 2.81 bits per heavy atom. The summed E-state index contributed by atoms with van der Waals surface area (Å²) in [5.41, 5.74) is 1.04. The Balaban J connectivity index is 2.09. The number of halogens is 1. The van der Waals surface area contributed by atoms with Crippen LogP contribution in [0.4, 0.5) is 0 Å². The Morgan fingerprint density at radius 1 is 1.50 bits per heavy atom. The zero-order valence-corrected chi connectivity index (χ0v) is 11.2. The lowest BCUT2D eigenvalue weighted by molar-refractivity contribution is -0.115. The molecule has 0 atom stereocenters. The van der Waals surface area contributed by atoms with Crippen LogP contribution >= 0.6 is 22.6 Å². The van der Waals surface area contributed by atoms with Crippen molar-refractivity contribution in [2.75, 3.05) is 7.11 Å². The van der Waals surface area contributed by atoms with E-state index in [1.807, 2.05) is 24.3 Å². The number of ether oxygens (including phenoxy) is 1. The standard InChI is InChI=1S/C13H13IO2/c1-16-13-7-3-9(8-11(13)14)2-6-12(15)10-4-5-10/h2-3,6-8,10H,4-5H2,1H3. The third kappa shape index (κ3) is 2.84. The van der Waals surface area contributed by atoms with Crippen molar-refractivity contribution in [3.05, 3.63) is 33.4 Å². The van der Waals surface area contributed by atoms with E-state index in [-0.39, 0.29) is 5.78 Å². The van der Waals surface area contributed by atoms with Gasteiger partial charge in [-0.05, 0) is 59.2 Å². The monoisotopic (exact) mass is 328 g/mol. The quantitative estimate of drug-likeness (QED) is 0.626. The van der Waals surface area contributed by atoms with E-state index in [4.69, 9.17) is 4.74 Å². The second-order valence-electron chi connectivity index (χ2n) is 3.90. The van der Waals surface area contributed by atoms with Crippen molar-refractivity contribution in [3.8, 4) is 5.75 Å². The molecule has 0 saturated heterocycles. The molecule has 84 valence electrons. The normalized spacial score (nSPS) is 15.4. The smallest absolute Gasteiger partial charge is 0.158 e. The third-order valence-electron chi connectivity index (χ3n) is 2.60. The lowest BCUT2D eigenvalue weighted by Crippen LogP contribution is -1.93. The average Bonchev–Trinajstić information content (AvgIpc) is 3.10. The number of benzene rings is 1. The van der Waals surface area contributed by atoms with Crippen LogP contribution in [0.1, 0.15) is 18.4 Å². The van der Waals surface area contributed by atoms with E-state index in [9.17, 15) is 4.79 Å². The maximum Gasteiger partial charge on any atom is 0.158 e. The Bertz CT molecular complexity index is 434. The molecular formula is C13H13IO2. The van der Waals surface area contributed by atoms with Gasteiger partial charge >= 0.3 is 0 Å². The van der Waals surface area contributed by atoms with Crippen molar-refractivity contribution < 1.29 is 9.53 Å². The summed E-state index contributed by atoms with van der Waals surface area (Å²) < 4.78 is 6.23. The maximum atomic E-state index is 11.5. The first-order valence-corrected chi connectivity index (χ1v) is 6.34. The molecule has 1 aromatic carbocycles. The van der Waals surface area contributed by atoms with Crippen LogP contribution in [0.2, 0.25) is 0 Å². The molecule has 0 unspecified atom stereocenters. The van der Waals surface area contributed by atoms with Gasteiger partial charge in [0.2, 0.25) is 0 Å². The first kappa shape index (κ1) is 11.6. The summed E-state index contributed by atoms with van der Waals surface area (Å²) in [4.78, 5) is 11.5. The molecule has 0 aromatic heterocycles. The van der Waals surface area contributed by atoms with Gasteiger partial charge in [0.25, 0.3) is 0 Å². The minimum atomic E-state index is 0.255. The van der Waals surface area contributed by atoms with Crippen LogP contribution in [0.3, 0.4) is 0 Å². The van der Waals surface area contributed by atoms with Gasteiger partial charge in [-0.2, -0.15) is 0 Å². The minimum absolute atomic E-state index is 0.255. The highest BCUT2D eigenvalue weighted by molar-refractivity contribution is 14.1. The topological polar surface area (TPSA) is 26.3 Å². The summed E-state index contributed by atoms with van der Waals surface area (Å²) in [5, 5.41) is 0. The van der Waals surface area contributed by atoms with Crippen LogP contribution < -0.4 is 4.74 Å². The lowest BCUT2D eigenvalue weighted by Gasteiger charge is -2.03. The van der Waals surface area contributed by atoms with Crippen molar-refractivity contribution in [2.45, 2.75) is 12.8 Å². The van der Waals surface area contributed by atoms with Gasteiger partial charge in [0.1, 0.15) is 5.75 Å². The molecule has 16 heavy (non-hydrogen) atoms. The van der Waals surface area contributed by atoms with Crippen LogP contribution in [0, 0.1) is 9.49 Å². The molecule has 1 aromatic rings. The van der Waals surface area contributed by atoms with Gasteiger partial charge in [0.05, 0.1) is 10.7 Å². The molecule has 0 heterocycles. The van der Waals surface area contributed by atoms with Crippen LogP contribution in [-0.4, -0.2) is 12.9 Å². The molecule has 1 saturated carbocycles. The van der Waals surface area contributed by atoms with Crippen LogP contribution in [-0.2, 0) is 4.79 Å². The number of allylic oxidation sites excluding steroid dienone is 1. The van der Waals surface area contributed by atoms with Crippen molar-refractivity contribution in [2.24, 2.45) is 5.92 Å². The highest BCUT2D eigenvalue weighted by atomic mass is 127. The van der Waals surface area contributed by atoms with Gasteiger partial charge in [-0.15, -0.1) is 0 Å². The Labute approximate surface area is 109 Å². The van der Waals surface area contributed by atoms with E-state index in [0.717, 1.165) is 27.7 Å². The zero-order valence-electron chi connectivity index (χ0n) is 9.07. The number of carbonyl (C=O) groups is 1. The highest BCUT2D eigenvalue weighted by Crippen LogP contribution is 2.30. The van der Waals surface area contributed by atoms with E-state index in [0.29, 0.717) is 5.92 Å². The Kier molecular flexibility index (Phi) is 3.63. The van der Waals surface area contributed by atoms with Gasteiger partial charge in [0, 0.05) is 5.92 Å². The zero-order chi connectivity index (χ0) is 11.5. The van der Waals surface area contributed by atoms with E-state index in [2.05, 4.69) is 22.6 Å².